The Morgan fingerprint density at radius 2 is 1.75 bits per heavy atom. The second-order valence-corrected chi connectivity index (χ2v) is 3.86. The van der Waals surface area contributed by atoms with Gasteiger partial charge in [0.15, 0.2) is 0 Å². The number of phosphoric acid groups is 1. The molecule has 0 aliphatic carbocycles. The van der Waals surface area contributed by atoms with E-state index >= 15 is 0 Å². The Balaban J connectivity index is -0.000000405. The standard InChI is InChI=1S/C4H12NO4P.2K/c1-4(2,5)3-9-10(6,7)8;;/h3,5H2,1-2H3,(H2,6,7,8);;/q;2*+1/p-2. The average molecular weight is 245 g/mol. The van der Waals surface area contributed by atoms with Crippen LogP contribution in [0.2, 0.25) is 0 Å². The summed E-state index contributed by atoms with van der Waals surface area (Å²) in [7, 11) is -4.84. The molecule has 62 valence electrons. The molecule has 5 nitrogen and oxygen atoms in total. The van der Waals surface area contributed by atoms with Crippen LogP contribution in [-0.2, 0) is 9.09 Å². The van der Waals surface area contributed by atoms with E-state index in [1.165, 1.54) is 0 Å². The van der Waals surface area contributed by atoms with Crippen LogP contribution in [0.5, 0.6) is 0 Å². The minimum absolute atomic E-state index is 0. The van der Waals surface area contributed by atoms with Crippen LogP contribution in [0.1, 0.15) is 13.8 Å². The van der Waals surface area contributed by atoms with Crippen LogP contribution in [0.3, 0.4) is 0 Å². The molecular weight excluding hydrogens is 235 g/mol. The topological polar surface area (TPSA) is 98.4 Å². The second kappa shape index (κ2) is 8.49. The first-order valence-corrected chi connectivity index (χ1v) is 4.12. The molecule has 0 aromatic heterocycles. The van der Waals surface area contributed by atoms with Crippen LogP contribution in [0.25, 0.3) is 0 Å². The molecule has 0 aromatic carbocycles. The predicted molar refractivity (Wildman–Crippen MR) is 31.8 cm³/mol. The molecule has 0 unspecified atom stereocenters. The van der Waals surface area contributed by atoms with E-state index in [1.807, 2.05) is 0 Å². The summed E-state index contributed by atoms with van der Waals surface area (Å²) in [5.41, 5.74) is 4.53. The maximum absolute atomic E-state index is 9.87. The fourth-order valence-electron chi connectivity index (χ4n) is 0.245. The second-order valence-electron chi connectivity index (χ2n) is 2.71. The van der Waals surface area contributed by atoms with Gasteiger partial charge in [-0.2, -0.15) is 0 Å². The van der Waals surface area contributed by atoms with Crippen molar-refractivity contribution in [1.29, 1.82) is 0 Å². The van der Waals surface area contributed by atoms with E-state index in [9.17, 15) is 14.4 Å². The van der Waals surface area contributed by atoms with Crippen LogP contribution in [-0.4, -0.2) is 12.1 Å². The fraction of sp³-hybridized carbons (Fsp3) is 1.00. The average Bonchev–Trinajstić information content (AvgIpc) is 1.57. The summed E-state index contributed by atoms with van der Waals surface area (Å²) < 4.78 is 13.8. The first kappa shape index (κ1) is 20.7. The van der Waals surface area contributed by atoms with Gasteiger partial charge in [0, 0.05) is 5.54 Å². The molecule has 2 N–H and O–H groups in total. The maximum Gasteiger partial charge on any atom is 1.00 e. The van der Waals surface area contributed by atoms with Crippen molar-refractivity contribution < 1.29 is 122 Å². The van der Waals surface area contributed by atoms with E-state index in [-0.39, 0.29) is 109 Å². The van der Waals surface area contributed by atoms with E-state index in [4.69, 9.17) is 5.73 Å². The molecule has 0 radical (unpaired) electrons. The van der Waals surface area contributed by atoms with E-state index < -0.39 is 13.4 Å². The monoisotopic (exact) mass is 245 g/mol. The number of rotatable bonds is 3. The number of hydrogen-bond donors (Lipinski definition) is 1. The summed E-state index contributed by atoms with van der Waals surface area (Å²) in [5.74, 6) is 0. The number of phosphoric ester groups is 1. The molecule has 0 heterocycles. The third-order valence-electron chi connectivity index (χ3n) is 0.595. The van der Waals surface area contributed by atoms with Gasteiger partial charge in [0.25, 0.3) is 0 Å². The summed E-state index contributed by atoms with van der Waals surface area (Å²) in [5, 5.41) is 0. The molecule has 8 heteroatoms. The molecule has 0 amide bonds. The van der Waals surface area contributed by atoms with Gasteiger partial charge in [0.2, 0.25) is 0 Å². The van der Waals surface area contributed by atoms with Crippen molar-refractivity contribution in [3.8, 4) is 0 Å². The van der Waals surface area contributed by atoms with Gasteiger partial charge in [0.1, 0.15) is 0 Å². The molecule has 0 fully saturated rings. The van der Waals surface area contributed by atoms with Crippen molar-refractivity contribution in [3.05, 3.63) is 0 Å². The van der Waals surface area contributed by atoms with Crippen LogP contribution in [0.4, 0.5) is 0 Å². The molecule has 0 aromatic rings. The maximum atomic E-state index is 9.87. The SMILES string of the molecule is CC(C)(N)COP(=O)([O-])[O-].[K+].[K+]. The van der Waals surface area contributed by atoms with Gasteiger partial charge in [0.05, 0.1) is 14.4 Å². The summed E-state index contributed by atoms with van der Waals surface area (Å²) in [6, 6.07) is 0. The quantitative estimate of drug-likeness (QED) is 0.393. The minimum Gasteiger partial charge on any atom is -0.790 e. The van der Waals surface area contributed by atoms with Crippen LogP contribution in [0.15, 0.2) is 0 Å². The van der Waals surface area contributed by atoms with Gasteiger partial charge >= 0.3 is 103 Å². The minimum atomic E-state index is -4.84. The summed E-state index contributed by atoms with van der Waals surface area (Å²) in [6.07, 6.45) is 0. The Bertz CT molecular complexity index is 154. The zero-order valence-electron chi connectivity index (χ0n) is 7.86. The largest absolute Gasteiger partial charge is 1.00 e. The Hall–Kier alpha value is 3.34. The zero-order valence-corrected chi connectivity index (χ0v) is 15.0. The first-order valence-electron chi connectivity index (χ1n) is 2.66. The van der Waals surface area contributed by atoms with Crippen molar-refractivity contribution in [3.63, 3.8) is 0 Å². The molecule has 0 spiro atoms. The van der Waals surface area contributed by atoms with Gasteiger partial charge in [-0.3, -0.25) is 0 Å². The van der Waals surface area contributed by atoms with E-state index in [0.29, 0.717) is 0 Å². The van der Waals surface area contributed by atoms with Crippen LogP contribution in [0, 0.1) is 0 Å². The molecule has 0 atom stereocenters. The van der Waals surface area contributed by atoms with Gasteiger partial charge in [-0.15, -0.1) is 0 Å². The van der Waals surface area contributed by atoms with Crippen molar-refractivity contribution in [1.82, 2.24) is 0 Å². The van der Waals surface area contributed by atoms with Gasteiger partial charge in [-0.05, 0) is 13.8 Å². The van der Waals surface area contributed by atoms with Gasteiger partial charge in [-0.25, -0.2) is 0 Å². The summed E-state index contributed by atoms with van der Waals surface area (Å²) in [6.45, 7) is 2.84. The molecular formula is C4H10K2NO4P. The number of nitrogens with two attached hydrogens (primary N) is 1. The third-order valence-corrected chi connectivity index (χ3v) is 1.04. The molecule has 0 saturated carbocycles. The zero-order chi connectivity index (χ0) is 8.41. The van der Waals surface area contributed by atoms with Crippen molar-refractivity contribution in [2.24, 2.45) is 5.73 Å². The molecule has 12 heavy (non-hydrogen) atoms. The Morgan fingerprint density at radius 3 is 1.83 bits per heavy atom. The van der Waals surface area contributed by atoms with Crippen LogP contribution >= 0.6 is 7.82 Å². The van der Waals surface area contributed by atoms with Crippen molar-refractivity contribution >= 4 is 7.82 Å². The van der Waals surface area contributed by atoms with E-state index in [0.717, 1.165) is 0 Å². The molecule has 0 aliphatic heterocycles. The van der Waals surface area contributed by atoms with Crippen molar-refractivity contribution in [2.45, 2.75) is 19.4 Å². The molecule has 0 saturated heterocycles. The molecule has 0 bridgehead atoms. The molecule has 0 aliphatic rings. The van der Waals surface area contributed by atoms with E-state index in [2.05, 4.69) is 4.52 Å². The van der Waals surface area contributed by atoms with E-state index in [1.54, 1.807) is 13.8 Å². The van der Waals surface area contributed by atoms with Gasteiger partial charge < -0.3 is 24.6 Å². The first-order chi connectivity index (χ1) is 4.21. The molecule has 0 rings (SSSR count). The summed E-state index contributed by atoms with van der Waals surface area (Å²) in [4.78, 5) is 19.7. The van der Waals surface area contributed by atoms with Crippen molar-refractivity contribution in [2.75, 3.05) is 6.61 Å². The predicted octanol–water partition coefficient (Wildman–Crippen LogP) is -7.42. The number of hydrogen-bond acceptors (Lipinski definition) is 5. The van der Waals surface area contributed by atoms with Crippen LogP contribution < -0.4 is 118 Å². The summed E-state index contributed by atoms with van der Waals surface area (Å²) >= 11 is 0. The van der Waals surface area contributed by atoms with Gasteiger partial charge in [-0.1, -0.05) is 0 Å². The Morgan fingerprint density at radius 1 is 1.42 bits per heavy atom. The Labute approximate surface area is 157 Å². The smallest absolute Gasteiger partial charge is 0.790 e. The normalized spacial score (nSPS) is 11.4. The Kier molecular flexibility index (Phi) is 14.7. The fourth-order valence-corrected chi connectivity index (χ4v) is 0.736. The third kappa shape index (κ3) is 19.0.